The molecule has 22 heavy (non-hydrogen) atoms. The maximum absolute atomic E-state index is 12.3. The van der Waals surface area contributed by atoms with E-state index in [2.05, 4.69) is 10.3 Å². The molecule has 0 aliphatic heterocycles. The first-order valence-electron chi connectivity index (χ1n) is 7.27. The lowest BCUT2D eigenvalue weighted by Gasteiger charge is -2.11. The van der Waals surface area contributed by atoms with Gasteiger partial charge in [-0.15, -0.1) is 0 Å². The third-order valence-electron chi connectivity index (χ3n) is 2.92. The first-order valence-corrected chi connectivity index (χ1v) is 7.27. The number of hydrogen-bond acceptors (Lipinski definition) is 4. The Bertz CT molecular complexity index is 615. The van der Waals surface area contributed by atoms with Crippen LogP contribution in [0.25, 0.3) is 0 Å². The van der Waals surface area contributed by atoms with Gasteiger partial charge < -0.3 is 14.8 Å². The van der Waals surface area contributed by atoms with Crippen LogP contribution in [0, 0.1) is 6.92 Å². The van der Waals surface area contributed by atoms with Gasteiger partial charge in [0.2, 0.25) is 0 Å². The number of carbonyl (C=O) groups is 1. The van der Waals surface area contributed by atoms with Crippen LogP contribution in [-0.4, -0.2) is 24.1 Å². The Kier molecular flexibility index (Phi) is 5.36. The highest BCUT2D eigenvalue weighted by molar-refractivity contribution is 6.04. The average Bonchev–Trinajstić information content (AvgIpc) is 2.50. The number of nitrogens with one attached hydrogen (secondary N) is 1. The minimum atomic E-state index is -0.251. The number of nitrogens with zero attached hydrogens (tertiary/aromatic N) is 1. The van der Waals surface area contributed by atoms with Gasteiger partial charge in [0.25, 0.3) is 5.91 Å². The third kappa shape index (κ3) is 4.22. The van der Waals surface area contributed by atoms with Gasteiger partial charge in [-0.05, 0) is 44.5 Å². The number of carbonyl (C=O) groups excluding carboxylic acids is 1. The number of benzene rings is 1. The van der Waals surface area contributed by atoms with E-state index in [1.54, 1.807) is 30.5 Å². The van der Waals surface area contributed by atoms with Crippen molar-refractivity contribution >= 4 is 11.7 Å². The first-order chi connectivity index (χ1) is 10.6. The number of aromatic nitrogens is 1. The summed E-state index contributed by atoms with van der Waals surface area (Å²) in [6, 6.07) is 8.81. The van der Waals surface area contributed by atoms with Gasteiger partial charge in [0.05, 0.1) is 13.2 Å². The monoisotopic (exact) mass is 300 g/mol. The van der Waals surface area contributed by atoms with Gasteiger partial charge in [-0.25, -0.2) is 4.98 Å². The number of hydrogen-bond donors (Lipinski definition) is 1. The Morgan fingerprint density at radius 1 is 1.09 bits per heavy atom. The molecule has 0 aliphatic rings. The molecule has 0 bridgehead atoms. The van der Waals surface area contributed by atoms with E-state index in [0.717, 1.165) is 5.56 Å². The van der Waals surface area contributed by atoms with Crippen molar-refractivity contribution in [1.29, 1.82) is 0 Å². The largest absolute Gasteiger partial charge is 0.494 e. The van der Waals surface area contributed by atoms with Crippen molar-refractivity contribution in [3.8, 4) is 11.5 Å². The molecule has 1 aromatic heterocycles. The average molecular weight is 300 g/mol. The minimum Gasteiger partial charge on any atom is -0.494 e. The molecule has 0 spiro atoms. The molecule has 0 saturated heterocycles. The van der Waals surface area contributed by atoms with Crippen molar-refractivity contribution in [2.45, 2.75) is 20.8 Å². The van der Waals surface area contributed by atoms with Crippen LogP contribution < -0.4 is 14.8 Å². The molecule has 1 N–H and O–H groups in total. The summed E-state index contributed by atoms with van der Waals surface area (Å²) < 4.78 is 10.9. The molecule has 5 heteroatoms. The number of rotatable bonds is 6. The van der Waals surface area contributed by atoms with Gasteiger partial charge in [-0.3, -0.25) is 4.79 Å². The number of anilines is 1. The number of aryl methyl sites for hydroxylation is 1. The highest BCUT2D eigenvalue weighted by atomic mass is 16.5. The van der Waals surface area contributed by atoms with Gasteiger partial charge in [0.15, 0.2) is 0 Å². The normalized spacial score (nSPS) is 10.1. The highest BCUT2D eigenvalue weighted by Crippen LogP contribution is 2.23. The number of amides is 1. The second kappa shape index (κ2) is 7.45. The molecule has 1 heterocycles. The zero-order chi connectivity index (χ0) is 15.9. The van der Waals surface area contributed by atoms with E-state index >= 15 is 0 Å². The Hall–Kier alpha value is -2.56. The van der Waals surface area contributed by atoms with Gasteiger partial charge in [-0.1, -0.05) is 6.07 Å². The maximum Gasteiger partial charge on any atom is 0.257 e. The molecular formula is C17H20N2O3. The zero-order valence-electron chi connectivity index (χ0n) is 13.1. The lowest BCUT2D eigenvalue weighted by Crippen LogP contribution is -2.13. The van der Waals surface area contributed by atoms with Crippen LogP contribution in [-0.2, 0) is 0 Å². The van der Waals surface area contributed by atoms with E-state index in [1.165, 1.54) is 0 Å². The summed E-state index contributed by atoms with van der Waals surface area (Å²) in [5.74, 6) is 1.47. The summed E-state index contributed by atoms with van der Waals surface area (Å²) in [5.41, 5.74) is 1.51. The molecule has 0 saturated carbocycles. The van der Waals surface area contributed by atoms with Crippen molar-refractivity contribution in [2.24, 2.45) is 0 Å². The molecule has 2 aromatic rings. The molecule has 0 unspecified atom stereocenters. The Balaban J connectivity index is 2.21. The van der Waals surface area contributed by atoms with Crippen molar-refractivity contribution < 1.29 is 14.3 Å². The predicted molar refractivity (Wildman–Crippen MR) is 85.7 cm³/mol. The zero-order valence-corrected chi connectivity index (χ0v) is 13.1. The van der Waals surface area contributed by atoms with E-state index in [0.29, 0.717) is 36.1 Å². The van der Waals surface area contributed by atoms with E-state index in [4.69, 9.17) is 9.47 Å². The van der Waals surface area contributed by atoms with Gasteiger partial charge in [0.1, 0.15) is 17.3 Å². The molecular weight excluding hydrogens is 280 g/mol. The fourth-order valence-corrected chi connectivity index (χ4v) is 1.93. The standard InChI is InChI=1S/C17H20N2O3/c1-4-21-14-8-13(9-15(10-14)22-5-2)17(20)19-16-7-6-12(3)11-18-16/h6-11H,4-5H2,1-3H3,(H,18,19,20). The van der Waals surface area contributed by atoms with Crippen LogP contribution in [0.2, 0.25) is 0 Å². The van der Waals surface area contributed by atoms with Gasteiger partial charge in [-0.2, -0.15) is 0 Å². The van der Waals surface area contributed by atoms with E-state index in [1.807, 2.05) is 26.8 Å². The molecule has 2 rings (SSSR count). The van der Waals surface area contributed by atoms with Crippen molar-refractivity contribution in [1.82, 2.24) is 4.98 Å². The molecule has 0 fully saturated rings. The van der Waals surface area contributed by atoms with Crippen LogP contribution in [0.4, 0.5) is 5.82 Å². The van der Waals surface area contributed by atoms with Gasteiger partial charge in [0, 0.05) is 17.8 Å². The van der Waals surface area contributed by atoms with Crippen LogP contribution in [0.5, 0.6) is 11.5 Å². The fraction of sp³-hybridized carbons (Fsp3) is 0.294. The first kappa shape index (κ1) is 15.8. The SMILES string of the molecule is CCOc1cc(OCC)cc(C(=O)Nc2ccc(C)cn2)c1. The van der Waals surface area contributed by atoms with Crippen molar-refractivity contribution in [2.75, 3.05) is 18.5 Å². The Morgan fingerprint density at radius 2 is 1.73 bits per heavy atom. The lowest BCUT2D eigenvalue weighted by atomic mass is 10.2. The molecule has 1 aromatic carbocycles. The smallest absolute Gasteiger partial charge is 0.257 e. The van der Waals surface area contributed by atoms with Crippen molar-refractivity contribution in [3.63, 3.8) is 0 Å². The highest BCUT2D eigenvalue weighted by Gasteiger charge is 2.11. The summed E-state index contributed by atoms with van der Waals surface area (Å²) in [7, 11) is 0. The van der Waals surface area contributed by atoms with Crippen LogP contribution in [0.1, 0.15) is 29.8 Å². The van der Waals surface area contributed by atoms with Gasteiger partial charge >= 0.3 is 0 Å². The molecule has 5 nitrogen and oxygen atoms in total. The lowest BCUT2D eigenvalue weighted by molar-refractivity contribution is 0.102. The Labute approximate surface area is 130 Å². The summed E-state index contributed by atoms with van der Waals surface area (Å²) in [4.78, 5) is 16.5. The summed E-state index contributed by atoms with van der Waals surface area (Å²) in [6.07, 6.45) is 1.71. The topological polar surface area (TPSA) is 60.5 Å². The number of ether oxygens (including phenoxy) is 2. The van der Waals surface area contributed by atoms with Crippen molar-refractivity contribution in [3.05, 3.63) is 47.7 Å². The molecule has 0 aliphatic carbocycles. The maximum atomic E-state index is 12.3. The van der Waals surface area contributed by atoms with E-state index < -0.39 is 0 Å². The molecule has 1 amide bonds. The number of pyridine rings is 1. The van der Waals surface area contributed by atoms with Crippen LogP contribution in [0.15, 0.2) is 36.5 Å². The third-order valence-corrected chi connectivity index (χ3v) is 2.92. The van der Waals surface area contributed by atoms with Crippen LogP contribution in [0.3, 0.4) is 0 Å². The fourth-order valence-electron chi connectivity index (χ4n) is 1.93. The van der Waals surface area contributed by atoms with E-state index in [9.17, 15) is 4.79 Å². The van der Waals surface area contributed by atoms with Crippen LogP contribution >= 0.6 is 0 Å². The molecule has 0 radical (unpaired) electrons. The summed E-state index contributed by atoms with van der Waals surface area (Å²) in [5, 5.41) is 2.76. The quantitative estimate of drug-likeness (QED) is 0.887. The minimum absolute atomic E-state index is 0.251. The predicted octanol–water partition coefficient (Wildman–Crippen LogP) is 3.44. The Morgan fingerprint density at radius 3 is 2.23 bits per heavy atom. The summed E-state index contributed by atoms with van der Waals surface area (Å²) in [6.45, 7) is 6.78. The second-order valence-corrected chi connectivity index (χ2v) is 4.73. The second-order valence-electron chi connectivity index (χ2n) is 4.73. The van der Waals surface area contributed by atoms with E-state index in [-0.39, 0.29) is 5.91 Å². The molecule has 0 atom stereocenters. The summed E-state index contributed by atoms with van der Waals surface area (Å²) >= 11 is 0. The molecule has 116 valence electrons.